The Morgan fingerprint density at radius 3 is 2.32 bits per heavy atom. The molecule has 1 aromatic carbocycles. The van der Waals surface area contributed by atoms with Gasteiger partial charge in [0.2, 0.25) is 10.0 Å². The second-order valence-electron chi connectivity index (χ2n) is 4.91. The van der Waals surface area contributed by atoms with Gasteiger partial charge in [-0.25, -0.2) is 13.1 Å². The number of nitrogens with two attached hydrogens (primary N) is 1. The summed E-state index contributed by atoms with van der Waals surface area (Å²) < 4.78 is 26.6. The molecule has 0 aliphatic heterocycles. The van der Waals surface area contributed by atoms with E-state index >= 15 is 0 Å². The van der Waals surface area contributed by atoms with Gasteiger partial charge in [-0.15, -0.1) is 0 Å². The molecule has 19 heavy (non-hydrogen) atoms. The van der Waals surface area contributed by atoms with Crippen LogP contribution in [0.15, 0.2) is 29.2 Å². The average molecular weight is 285 g/mol. The lowest BCUT2D eigenvalue weighted by Crippen LogP contribution is -2.27. The number of nitrogens with zero attached hydrogens (tertiary/aromatic N) is 1. The van der Waals surface area contributed by atoms with Crippen molar-refractivity contribution in [1.29, 1.82) is 0 Å². The van der Waals surface area contributed by atoms with Gasteiger partial charge >= 0.3 is 0 Å². The van der Waals surface area contributed by atoms with Crippen molar-refractivity contribution in [3.63, 3.8) is 0 Å². The molecule has 1 aromatic rings. The Hall–Kier alpha value is -0.950. The molecule has 1 unspecified atom stereocenters. The quantitative estimate of drug-likeness (QED) is 0.731. The van der Waals surface area contributed by atoms with Crippen molar-refractivity contribution in [2.75, 3.05) is 27.2 Å². The van der Waals surface area contributed by atoms with E-state index in [2.05, 4.69) is 4.72 Å². The molecule has 0 bridgehead atoms. The third-order valence-electron chi connectivity index (χ3n) is 2.79. The van der Waals surface area contributed by atoms with Crippen LogP contribution >= 0.6 is 0 Å². The summed E-state index contributed by atoms with van der Waals surface area (Å²) in [7, 11) is 0.509. The van der Waals surface area contributed by atoms with Crippen molar-refractivity contribution in [2.24, 2.45) is 5.73 Å². The highest BCUT2D eigenvalue weighted by Gasteiger charge is 2.13. The van der Waals surface area contributed by atoms with E-state index in [1.807, 2.05) is 25.9 Å². The van der Waals surface area contributed by atoms with Crippen LogP contribution in [-0.2, 0) is 10.0 Å². The van der Waals surface area contributed by atoms with Gasteiger partial charge in [-0.3, -0.25) is 0 Å². The Labute approximate surface area is 115 Å². The fourth-order valence-electron chi connectivity index (χ4n) is 1.64. The molecule has 0 aliphatic rings. The van der Waals surface area contributed by atoms with Crippen molar-refractivity contribution in [3.05, 3.63) is 29.8 Å². The standard InChI is InChI=1S/C13H23N3O2S/c1-11(14)12-5-7-13(8-6-12)19(17,18)15-9-4-10-16(2)3/h5-8,11,15H,4,9-10,14H2,1-3H3. The number of hydrogen-bond donors (Lipinski definition) is 2. The lowest BCUT2D eigenvalue weighted by Gasteiger charge is -2.11. The highest BCUT2D eigenvalue weighted by atomic mass is 32.2. The SMILES string of the molecule is CC(N)c1ccc(S(=O)(=O)NCCCN(C)C)cc1. The van der Waals surface area contributed by atoms with E-state index in [9.17, 15) is 8.42 Å². The maximum atomic E-state index is 12.0. The van der Waals surface area contributed by atoms with Crippen LogP contribution in [-0.4, -0.2) is 40.5 Å². The highest BCUT2D eigenvalue weighted by Crippen LogP contribution is 2.14. The highest BCUT2D eigenvalue weighted by molar-refractivity contribution is 7.89. The van der Waals surface area contributed by atoms with Gasteiger partial charge in [0, 0.05) is 12.6 Å². The van der Waals surface area contributed by atoms with Gasteiger partial charge in [0.25, 0.3) is 0 Å². The Bertz CT molecular complexity index is 481. The topological polar surface area (TPSA) is 75.4 Å². The monoisotopic (exact) mass is 285 g/mol. The summed E-state index contributed by atoms with van der Waals surface area (Å²) in [6, 6.07) is 6.59. The average Bonchev–Trinajstić information content (AvgIpc) is 2.34. The molecular weight excluding hydrogens is 262 g/mol. The van der Waals surface area contributed by atoms with Crippen LogP contribution in [0.2, 0.25) is 0 Å². The second-order valence-corrected chi connectivity index (χ2v) is 6.68. The number of rotatable bonds is 7. The molecule has 0 saturated heterocycles. The number of hydrogen-bond acceptors (Lipinski definition) is 4. The fraction of sp³-hybridized carbons (Fsp3) is 0.538. The summed E-state index contributed by atoms with van der Waals surface area (Å²) in [6.45, 7) is 3.16. The van der Waals surface area contributed by atoms with E-state index < -0.39 is 10.0 Å². The van der Waals surface area contributed by atoms with Crippen molar-refractivity contribution < 1.29 is 8.42 Å². The van der Waals surface area contributed by atoms with E-state index in [4.69, 9.17) is 5.73 Å². The van der Waals surface area contributed by atoms with Crippen molar-refractivity contribution >= 4 is 10.0 Å². The first-order chi connectivity index (χ1) is 8.83. The van der Waals surface area contributed by atoms with Gasteiger partial charge in [0.15, 0.2) is 0 Å². The van der Waals surface area contributed by atoms with Gasteiger partial charge in [-0.05, 0) is 51.7 Å². The minimum absolute atomic E-state index is 0.0928. The Morgan fingerprint density at radius 2 is 1.84 bits per heavy atom. The van der Waals surface area contributed by atoms with Crippen LogP contribution in [0.1, 0.15) is 24.9 Å². The zero-order valence-electron chi connectivity index (χ0n) is 11.8. The van der Waals surface area contributed by atoms with Crippen molar-refractivity contribution in [3.8, 4) is 0 Å². The number of benzene rings is 1. The first-order valence-corrected chi connectivity index (χ1v) is 7.81. The van der Waals surface area contributed by atoms with Crippen LogP contribution in [0.5, 0.6) is 0 Å². The molecule has 0 fully saturated rings. The molecule has 1 rings (SSSR count). The van der Waals surface area contributed by atoms with Gasteiger partial charge in [-0.1, -0.05) is 12.1 Å². The fourth-order valence-corrected chi connectivity index (χ4v) is 2.71. The minimum atomic E-state index is -3.41. The Kier molecular flexibility index (Phi) is 5.93. The van der Waals surface area contributed by atoms with E-state index in [-0.39, 0.29) is 10.9 Å². The summed E-state index contributed by atoms with van der Waals surface area (Å²) in [4.78, 5) is 2.30. The largest absolute Gasteiger partial charge is 0.324 e. The van der Waals surface area contributed by atoms with Gasteiger partial charge in [-0.2, -0.15) is 0 Å². The second kappa shape index (κ2) is 7.00. The molecule has 0 amide bonds. The smallest absolute Gasteiger partial charge is 0.240 e. The van der Waals surface area contributed by atoms with Crippen LogP contribution in [0.4, 0.5) is 0 Å². The van der Waals surface area contributed by atoms with E-state index in [0.717, 1.165) is 18.5 Å². The summed E-state index contributed by atoms with van der Waals surface area (Å²) in [6.07, 6.45) is 0.782. The summed E-state index contributed by atoms with van der Waals surface area (Å²) in [5.41, 5.74) is 6.65. The maximum absolute atomic E-state index is 12.0. The summed E-state index contributed by atoms with van der Waals surface area (Å²) in [5.74, 6) is 0. The molecule has 108 valence electrons. The van der Waals surface area contributed by atoms with Crippen LogP contribution in [0.3, 0.4) is 0 Å². The minimum Gasteiger partial charge on any atom is -0.324 e. The lowest BCUT2D eigenvalue weighted by molar-refractivity contribution is 0.400. The zero-order valence-corrected chi connectivity index (χ0v) is 12.6. The summed E-state index contributed by atoms with van der Waals surface area (Å²) in [5, 5.41) is 0. The molecule has 1 atom stereocenters. The van der Waals surface area contributed by atoms with Gasteiger partial charge in [0.1, 0.15) is 0 Å². The van der Waals surface area contributed by atoms with Crippen molar-refractivity contribution in [1.82, 2.24) is 9.62 Å². The van der Waals surface area contributed by atoms with Gasteiger partial charge < -0.3 is 10.6 Å². The molecule has 0 spiro atoms. The van der Waals surface area contributed by atoms with Crippen LogP contribution in [0.25, 0.3) is 0 Å². The number of nitrogens with one attached hydrogen (secondary N) is 1. The van der Waals surface area contributed by atoms with Crippen LogP contribution < -0.4 is 10.5 Å². The third kappa shape index (κ3) is 5.28. The summed E-state index contributed by atoms with van der Waals surface area (Å²) >= 11 is 0. The third-order valence-corrected chi connectivity index (χ3v) is 4.27. The Morgan fingerprint density at radius 1 is 1.26 bits per heavy atom. The Balaban J connectivity index is 2.62. The molecule has 0 aromatic heterocycles. The maximum Gasteiger partial charge on any atom is 0.240 e. The van der Waals surface area contributed by atoms with E-state index in [1.54, 1.807) is 24.3 Å². The molecule has 3 N–H and O–H groups in total. The van der Waals surface area contributed by atoms with Crippen molar-refractivity contribution in [2.45, 2.75) is 24.3 Å². The normalized spacial score (nSPS) is 13.7. The molecule has 0 saturated carbocycles. The molecular formula is C13H23N3O2S. The number of sulfonamides is 1. The zero-order chi connectivity index (χ0) is 14.5. The first kappa shape index (κ1) is 16.1. The molecule has 0 radical (unpaired) electrons. The van der Waals surface area contributed by atoms with Gasteiger partial charge in [0.05, 0.1) is 4.90 Å². The van der Waals surface area contributed by atoms with Crippen LogP contribution in [0, 0.1) is 0 Å². The molecule has 5 nitrogen and oxygen atoms in total. The van der Waals surface area contributed by atoms with E-state index in [0.29, 0.717) is 6.54 Å². The first-order valence-electron chi connectivity index (χ1n) is 6.33. The lowest BCUT2D eigenvalue weighted by atomic mass is 10.1. The molecule has 6 heteroatoms. The predicted octanol–water partition coefficient (Wildman–Crippen LogP) is 0.936. The predicted molar refractivity (Wildman–Crippen MR) is 77.4 cm³/mol. The molecule has 0 heterocycles. The molecule has 0 aliphatic carbocycles. The van der Waals surface area contributed by atoms with E-state index in [1.165, 1.54) is 0 Å².